The van der Waals surface area contributed by atoms with Crippen LogP contribution in [0.3, 0.4) is 0 Å². The van der Waals surface area contributed by atoms with Gasteiger partial charge in [-0.15, -0.1) is 0 Å². The number of aliphatic imine (C=N–C) groups is 1. The zero-order valence-electron chi connectivity index (χ0n) is 15.7. The van der Waals surface area contributed by atoms with E-state index in [9.17, 15) is 19.1 Å². The molecule has 29 heavy (non-hydrogen) atoms. The van der Waals surface area contributed by atoms with E-state index in [0.29, 0.717) is 16.3 Å². The second kappa shape index (κ2) is 8.32. The summed E-state index contributed by atoms with van der Waals surface area (Å²) < 4.78 is 15.0. The van der Waals surface area contributed by atoms with E-state index >= 15 is 0 Å². The van der Waals surface area contributed by atoms with Crippen molar-refractivity contribution >= 4 is 23.1 Å². The Kier molecular flexibility index (Phi) is 5.84. The van der Waals surface area contributed by atoms with Crippen molar-refractivity contribution in [3.05, 3.63) is 91.3 Å². The Hall–Kier alpha value is -3.39. The quantitative estimate of drug-likeness (QED) is 0.505. The lowest BCUT2D eigenvalue weighted by Crippen LogP contribution is -2.41. The van der Waals surface area contributed by atoms with Crippen molar-refractivity contribution in [3.8, 4) is 5.88 Å². The standard InChI is InChI=1S/C20H18ClFN4O3/c1-25-18(27)16(19(28)26(2)20(25)29)17(24-15-6-4-3-5-14(15)21)23-11-12-7-9-13(22)10-8-12/h3-10,27H,11H2,1-2H3,(H,23,24). The van der Waals surface area contributed by atoms with E-state index in [-0.39, 0.29) is 23.8 Å². The fraction of sp³-hybridized carbons (Fsp3) is 0.150. The van der Waals surface area contributed by atoms with E-state index in [1.165, 1.54) is 26.2 Å². The summed E-state index contributed by atoms with van der Waals surface area (Å²) in [7, 11) is 2.65. The molecule has 0 saturated heterocycles. The maximum absolute atomic E-state index is 13.1. The molecule has 3 aromatic rings. The number of para-hydroxylation sites is 1. The van der Waals surface area contributed by atoms with E-state index < -0.39 is 17.1 Å². The highest BCUT2D eigenvalue weighted by Gasteiger charge is 2.21. The lowest BCUT2D eigenvalue weighted by atomic mass is 10.2. The Bertz CT molecular complexity index is 1200. The van der Waals surface area contributed by atoms with Crippen molar-refractivity contribution in [1.82, 2.24) is 9.13 Å². The van der Waals surface area contributed by atoms with Gasteiger partial charge in [0.1, 0.15) is 17.2 Å². The van der Waals surface area contributed by atoms with Crippen molar-refractivity contribution < 1.29 is 9.50 Å². The Morgan fingerprint density at radius 3 is 2.41 bits per heavy atom. The van der Waals surface area contributed by atoms with Crippen LogP contribution in [0.2, 0.25) is 5.02 Å². The third-order valence-corrected chi connectivity index (χ3v) is 4.66. The number of amidine groups is 1. The molecule has 2 N–H and O–H groups in total. The maximum atomic E-state index is 13.1. The van der Waals surface area contributed by atoms with Gasteiger partial charge in [-0.25, -0.2) is 9.18 Å². The number of nitrogens with one attached hydrogen (secondary N) is 1. The van der Waals surface area contributed by atoms with Gasteiger partial charge in [-0.05, 0) is 29.8 Å². The third-order valence-electron chi connectivity index (χ3n) is 4.33. The number of anilines is 1. The molecule has 0 unspecified atom stereocenters. The minimum Gasteiger partial charge on any atom is -0.494 e. The van der Waals surface area contributed by atoms with Gasteiger partial charge < -0.3 is 10.4 Å². The molecule has 0 aliphatic carbocycles. The lowest BCUT2D eigenvalue weighted by molar-refractivity contribution is 0.410. The smallest absolute Gasteiger partial charge is 0.333 e. The predicted octanol–water partition coefficient (Wildman–Crippen LogP) is 2.64. The first kappa shape index (κ1) is 20.3. The monoisotopic (exact) mass is 416 g/mol. The largest absolute Gasteiger partial charge is 0.494 e. The highest BCUT2D eigenvalue weighted by Crippen LogP contribution is 2.22. The SMILES string of the molecule is Cn1c(O)c(C(=NCc2ccc(F)cc2)Nc2ccccc2Cl)c(=O)n(C)c1=O. The van der Waals surface area contributed by atoms with E-state index in [2.05, 4.69) is 10.3 Å². The van der Waals surface area contributed by atoms with Crippen molar-refractivity contribution in [2.45, 2.75) is 6.54 Å². The molecule has 1 aromatic heterocycles. The van der Waals surface area contributed by atoms with E-state index in [1.54, 1.807) is 36.4 Å². The second-order valence-corrected chi connectivity index (χ2v) is 6.71. The van der Waals surface area contributed by atoms with E-state index in [0.717, 1.165) is 9.13 Å². The summed E-state index contributed by atoms with van der Waals surface area (Å²) in [5.74, 6) is -0.886. The average Bonchev–Trinajstić information content (AvgIpc) is 2.71. The van der Waals surface area contributed by atoms with Crippen LogP contribution >= 0.6 is 11.6 Å². The van der Waals surface area contributed by atoms with Crippen molar-refractivity contribution in [3.63, 3.8) is 0 Å². The van der Waals surface area contributed by atoms with Gasteiger partial charge in [-0.1, -0.05) is 35.9 Å². The van der Waals surface area contributed by atoms with Gasteiger partial charge in [-0.3, -0.25) is 18.9 Å². The van der Waals surface area contributed by atoms with Gasteiger partial charge in [0.15, 0.2) is 0 Å². The van der Waals surface area contributed by atoms with Gasteiger partial charge in [-0.2, -0.15) is 0 Å². The molecule has 0 fully saturated rings. The van der Waals surface area contributed by atoms with Gasteiger partial charge in [0.05, 0.1) is 17.3 Å². The fourth-order valence-corrected chi connectivity index (χ4v) is 2.86. The minimum absolute atomic E-state index is 0.0242. The minimum atomic E-state index is -0.719. The summed E-state index contributed by atoms with van der Waals surface area (Å²) in [6, 6.07) is 12.5. The van der Waals surface area contributed by atoms with Crippen LogP contribution in [-0.2, 0) is 20.6 Å². The average molecular weight is 417 g/mol. The van der Waals surface area contributed by atoms with Crippen molar-refractivity contribution in [1.29, 1.82) is 0 Å². The Morgan fingerprint density at radius 2 is 1.76 bits per heavy atom. The fourth-order valence-electron chi connectivity index (χ4n) is 2.67. The van der Waals surface area contributed by atoms with Gasteiger partial charge in [0, 0.05) is 14.1 Å². The molecule has 0 aliphatic heterocycles. The van der Waals surface area contributed by atoms with Crippen molar-refractivity contribution in [2.75, 3.05) is 5.32 Å². The summed E-state index contributed by atoms with van der Waals surface area (Å²) in [6.45, 7) is 0.0957. The Labute approximate surface area is 170 Å². The topological polar surface area (TPSA) is 88.6 Å². The molecule has 150 valence electrons. The molecule has 2 aromatic carbocycles. The molecule has 0 bridgehead atoms. The van der Waals surface area contributed by atoms with Crippen LogP contribution < -0.4 is 16.6 Å². The molecule has 1 heterocycles. The predicted molar refractivity (Wildman–Crippen MR) is 110 cm³/mol. The third kappa shape index (κ3) is 4.22. The highest BCUT2D eigenvalue weighted by atomic mass is 35.5. The maximum Gasteiger partial charge on any atom is 0.333 e. The van der Waals surface area contributed by atoms with Crippen LogP contribution in [0, 0.1) is 5.82 Å². The van der Waals surface area contributed by atoms with Gasteiger partial charge in [0.2, 0.25) is 5.88 Å². The molecule has 9 heteroatoms. The Balaban J connectivity index is 2.14. The zero-order valence-corrected chi connectivity index (χ0v) is 16.4. The summed E-state index contributed by atoms with van der Waals surface area (Å²) in [4.78, 5) is 29.2. The number of hydrogen-bond acceptors (Lipinski definition) is 4. The molecule has 0 saturated carbocycles. The molecule has 3 rings (SSSR count). The summed E-state index contributed by atoms with van der Waals surface area (Å²) in [5.41, 5.74) is -0.431. The first-order valence-electron chi connectivity index (χ1n) is 8.59. The van der Waals surface area contributed by atoms with Crippen LogP contribution in [0.5, 0.6) is 5.88 Å². The summed E-state index contributed by atoms with van der Waals surface area (Å²) in [6.07, 6.45) is 0. The van der Waals surface area contributed by atoms with E-state index in [1.807, 2.05) is 0 Å². The van der Waals surface area contributed by atoms with Gasteiger partial charge >= 0.3 is 5.69 Å². The molecular weight excluding hydrogens is 399 g/mol. The van der Waals surface area contributed by atoms with Crippen LogP contribution in [0.15, 0.2) is 63.1 Å². The van der Waals surface area contributed by atoms with Crippen LogP contribution in [0.25, 0.3) is 0 Å². The van der Waals surface area contributed by atoms with Crippen LogP contribution in [-0.4, -0.2) is 20.1 Å². The summed E-state index contributed by atoms with van der Waals surface area (Å²) >= 11 is 6.20. The number of rotatable bonds is 4. The molecule has 0 aliphatic rings. The normalized spacial score (nSPS) is 11.5. The number of aromatic nitrogens is 2. The molecule has 0 atom stereocenters. The Morgan fingerprint density at radius 1 is 1.10 bits per heavy atom. The molecule has 0 amide bonds. The molecule has 0 radical (unpaired) electrons. The lowest BCUT2D eigenvalue weighted by Gasteiger charge is -2.15. The molecule has 7 nitrogen and oxygen atoms in total. The van der Waals surface area contributed by atoms with E-state index in [4.69, 9.17) is 11.6 Å². The first-order chi connectivity index (χ1) is 13.8. The van der Waals surface area contributed by atoms with Crippen LogP contribution in [0.1, 0.15) is 11.1 Å². The number of halogens is 2. The molecular formula is C20H18ClFN4O3. The number of benzene rings is 2. The van der Waals surface area contributed by atoms with Gasteiger partial charge in [0.25, 0.3) is 5.56 Å². The summed E-state index contributed by atoms with van der Waals surface area (Å²) in [5, 5.41) is 13.8. The highest BCUT2D eigenvalue weighted by molar-refractivity contribution is 6.34. The van der Waals surface area contributed by atoms with Crippen LogP contribution in [0.4, 0.5) is 10.1 Å². The number of nitrogens with zero attached hydrogens (tertiary/aromatic N) is 3. The van der Waals surface area contributed by atoms with Crippen molar-refractivity contribution in [2.24, 2.45) is 19.1 Å². The molecule has 0 spiro atoms. The zero-order chi connectivity index (χ0) is 21.1. The first-order valence-corrected chi connectivity index (χ1v) is 8.97. The second-order valence-electron chi connectivity index (χ2n) is 6.30. The number of hydrogen-bond donors (Lipinski definition) is 2. The number of aromatic hydroxyl groups is 1.